The van der Waals surface area contributed by atoms with Crippen LogP contribution in [0.15, 0.2) is 28.7 Å². The third-order valence-corrected chi connectivity index (χ3v) is 4.48. The molecule has 1 aliphatic carbocycles. The Bertz CT molecular complexity index is 418. The van der Waals surface area contributed by atoms with E-state index in [4.69, 9.17) is 0 Å². The summed E-state index contributed by atoms with van der Waals surface area (Å²) in [4.78, 5) is 0. The monoisotopic (exact) mass is 337 g/mol. The molecule has 0 spiro atoms. The summed E-state index contributed by atoms with van der Waals surface area (Å²) < 4.78 is 1.19. The summed E-state index contributed by atoms with van der Waals surface area (Å²) in [5.74, 6) is 0.754. The average Bonchev–Trinajstić information content (AvgIpc) is 3.15. The Balaban J connectivity index is 1.89. The molecule has 0 aliphatic heterocycles. The third-order valence-electron chi connectivity index (χ3n) is 3.99. The summed E-state index contributed by atoms with van der Waals surface area (Å²) in [7, 11) is 0. The SMILES string of the molecule is CC(C)(C)CCC(CNC1CC1)Cc1cccc(Br)c1. The molecule has 112 valence electrons. The number of hydrogen-bond acceptors (Lipinski definition) is 1. The van der Waals surface area contributed by atoms with Crippen molar-refractivity contribution in [3.05, 3.63) is 34.3 Å². The van der Waals surface area contributed by atoms with E-state index in [0.717, 1.165) is 12.0 Å². The molecule has 1 unspecified atom stereocenters. The van der Waals surface area contributed by atoms with E-state index in [-0.39, 0.29) is 0 Å². The summed E-state index contributed by atoms with van der Waals surface area (Å²) in [5.41, 5.74) is 1.89. The first-order valence-electron chi connectivity index (χ1n) is 7.90. The predicted molar refractivity (Wildman–Crippen MR) is 91.0 cm³/mol. The second-order valence-corrected chi connectivity index (χ2v) is 8.40. The Morgan fingerprint density at radius 3 is 2.65 bits per heavy atom. The number of benzene rings is 1. The average molecular weight is 338 g/mol. The number of rotatable bonds is 7. The van der Waals surface area contributed by atoms with Crippen molar-refractivity contribution < 1.29 is 0 Å². The fourth-order valence-electron chi connectivity index (χ4n) is 2.53. The number of nitrogens with one attached hydrogen (secondary N) is 1. The van der Waals surface area contributed by atoms with Gasteiger partial charge in [-0.1, -0.05) is 48.8 Å². The highest BCUT2D eigenvalue weighted by Crippen LogP contribution is 2.27. The van der Waals surface area contributed by atoms with Gasteiger partial charge in [0.1, 0.15) is 0 Å². The molecule has 0 heterocycles. The second kappa shape index (κ2) is 7.09. The maximum absolute atomic E-state index is 3.72. The fourth-order valence-corrected chi connectivity index (χ4v) is 2.98. The first kappa shape index (κ1) is 16.0. The van der Waals surface area contributed by atoms with E-state index in [0.29, 0.717) is 5.41 Å². The van der Waals surface area contributed by atoms with E-state index in [9.17, 15) is 0 Å². The first-order valence-corrected chi connectivity index (χ1v) is 8.69. The van der Waals surface area contributed by atoms with Crippen LogP contribution in [-0.4, -0.2) is 12.6 Å². The van der Waals surface area contributed by atoms with E-state index in [1.807, 2.05) is 0 Å². The van der Waals surface area contributed by atoms with Gasteiger partial charge >= 0.3 is 0 Å². The van der Waals surface area contributed by atoms with Crippen molar-refractivity contribution >= 4 is 15.9 Å². The molecule has 1 aromatic carbocycles. The van der Waals surface area contributed by atoms with Gasteiger partial charge in [-0.05, 0) is 67.7 Å². The summed E-state index contributed by atoms with van der Waals surface area (Å²) >= 11 is 3.58. The predicted octanol–water partition coefficient (Wildman–Crippen LogP) is 5.19. The summed E-state index contributed by atoms with van der Waals surface area (Å²) in [6.45, 7) is 8.21. The van der Waals surface area contributed by atoms with E-state index in [1.165, 1.54) is 48.7 Å². The van der Waals surface area contributed by atoms with E-state index in [2.05, 4.69) is 66.3 Å². The molecule has 1 aromatic rings. The fraction of sp³-hybridized carbons (Fsp3) is 0.667. The van der Waals surface area contributed by atoms with Crippen LogP contribution in [0.1, 0.15) is 52.0 Å². The zero-order chi connectivity index (χ0) is 14.6. The smallest absolute Gasteiger partial charge is 0.0177 e. The standard InChI is InChI=1S/C18H28BrN/c1-18(2,3)10-9-15(13-20-17-7-8-17)11-14-5-4-6-16(19)12-14/h4-6,12,15,17,20H,7-11,13H2,1-3H3. The molecule has 1 saturated carbocycles. The summed E-state index contributed by atoms with van der Waals surface area (Å²) in [6.07, 6.45) is 6.56. The molecule has 1 aliphatic rings. The van der Waals surface area contributed by atoms with Crippen LogP contribution in [0.4, 0.5) is 0 Å². The molecule has 0 radical (unpaired) electrons. The zero-order valence-electron chi connectivity index (χ0n) is 13.1. The van der Waals surface area contributed by atoms with Crippen molar-refractivity contribution in [2.24, 2.45) is 11.3 Å². The van der Waals surface area contributed by atoms with Crippen LogP contribution in [-0.2, 0) is 6.42 Å². The van der Waals surface area contributed by atoms with Gasteiger partial charge in [-0.2, -0.15) is 0 Å². The molecule has 0 amide bonds. The van der Waals surface area contributed by atoms with Gasteiger partial charge < -0.3 is 5.32 Å². The van der Waals surface area contributed by atoms with Crippen LogP contribution in [0.2, 0.25) is 0 Å². The topological polar surface area (TPSA) is 12.0 Å². The molecule has 20 heavy (non-hydrogen) atoms. The van der Waals surface area contributed by atoms with E-state index < -0.39 is 0 Å². The third kappa shape index (κ3) is 6.41. The molecule has 2 heteroatoms. The maximum atomic E-state index is 3.72. The van der Waals surface area contributed by atoms with Gasteiger partial charge in [0.25, 0.3) is 0 Å². The van der Waals surface area contributed by atoms with Gasteiger partial charge in [0.15, 0.2) is 0 Å². The van der Waals surface area contributed by atoms with Crippen molar-refractivity contribution in [3.8, 4) is 0 Å². The molecular weight excluding hydrogens is 310 g/mol. The van der Waals surface area contributed by atoms with Crippen LogP contribution in [0.3, 0.4) is 0 Å². The lowest BCUT2D eigenvalue weighted by Gasteiger charge is -2.24. The number of halogens is 1. The summed E-state index contributed by atoms with van der Waals surface area (Å²) in [5, 5.41) is 3.72. The van der Waals surface area contributed by atoms with Gasteiger partial charge in [0.05, 0.1) is 0 Å². The van der Waals surface area contributed by atoms with Gasteiger partial charge in [0.2, 0.25) is 0 Å². The molecular formula is C18H28BrN. The minimum Gasteiger partial charge on any atom is -0.314 e. The molecule has 0 saturated heterocycles. The van der Waals surface area contributed by atoms with Crippen LogP contribution < -0.4 is 5.32 Å². The molecule has 1 nitrogen and oxygen atoms in total. The van der Waals surface area contributed by atoms with Crippen LogP contribution in [0.5, 0.6) is 0 Å². The Kier molecular flexibility index (Phi) is 5.68. The zero-order valence-corrected chi connectivity index (χ0v) is 14.7. The lowest BCUT2D eigenvalue weighted by Crippen LogP contribution is -2.27. The second-order valence-electron chi connectivity index (χ2n) is 7.48. The molecule has 1 fully saturated rings. The Morgan fingerprint density at radius 2 is 2.05 bits per heavy atom. The van der Waals surface area contributed by atoms with Crippen molar-refractivity contribution in [1.29, 1.82) is 0 Å². The molecule has 1 N–H and O–H groups in total. The van der Waals surface area contributed by atoms with Crippen molar-refractivity contribution in [1.82, 2.24) is 5.32 Å². The van der Waals surface area contributed by atoms with Crippen molar-refractivity contribution in [3.63, 3.8) is 0 Å². The quantitative estimate of drug-likeness (QED) is 0.722. The van der Waals surface area contributed by atoms with Crippen molar-refractivity contribution in [2.75, 3.05) is 6.54 Å². The lowest BCUT2D eigenvalue weighted by atomic mass is 9.84. The van der Waals surface area contributed by atoms with E-state index >= 15 is 0 Å². The van der Waals surface area contributed by atoms with Gasteiger partial charge in [-0.3, -0.25) is 0 Å². The highest BCUT2D eigenvalue weighted by molar-refractivity contribution is 9.10. The van der Waals surface area contributed by atoms with Crippen LogP contribution >= 0.6 is 15.9 Å². The maximum Gasteiger partial charge on any atom is 0.0177 e. The van der Waals surface area contributed by atoms with E-state index in [1.54, 1.807) is 0 Å². The molecule has 0 aromatic heterocycles. The highest BCUT2D eigenvalue weighted by atomic mass is 79.9. The van der Waals surface area contributed by atoms with Crippen LogP contribution in [0, 0.1) is 11.3 Å². The van der Waals surface area contributed by atoms with Gasteiger partial charge in [0, 0.05) is 10.5 Å². The lowest BCUT2D eigenvalue weighted by molar-refractivity contribution is 0.313. The normalized spacial score (nSPS) is 17.2. The molecule has 0 bridgehead atoms. The summed E-state index contributed by atoms with van der Waals surface area (Å²) in [6, 6.07) is 9.59. The largest absolute Gasteiger partial charge is 0.314 e. The van der Waals surface area contributed by atoms with Crippen molar-refractivity contribution in [2.45, 2.75) is 58.9 Å². The Morgan fingerprint density at radius 1 is 1.30 bits per heavy atom. The van der Waals surface area contributed by atoms with Gasteiger partial charge in [-0.15, -0.1) is 0 Å². The van der Waals surface area contributed by atoms with Gasteiger partial charge in [-0.25, -0.2) is 0 Å². The molecule has 2 rings (SSSR count). The Labute approximate surface area is 132 Å². The Hall–Kier alpha value is -0.340. The van der Waals surface area contributed by atoms with Crippen LogP contribution in [0.25, 0.3) is 0 Å². The number of hydrogen-bond donors (Lipinski definition) is 1. The first-order chi connectivity index (χ1) is 9.42. The highest BCUT2D eigenvalue weighted by Gasteiger charge is 2.23. The minimum atomic E-state index is 0.440. The molecule has 1 atom stereocenters. The minimum absolute atomic E-state index is 0.440.